The second-order valence-electron chi connectivity index (χ2n) is 5.63. The molecule has 0 aliphatic carbocycles. The number of nitrogens with zero attached hydrogens (tertiary/aromatic N) is 5. The van der Waals surface area contributed by atoms with E-state index in [4.69, 9.17) is 9.47 Å². The fourth-order valence-electron chi connectivity index (χ4n) is 2.77. The van der Waals surface area contributed by atoms with Crippen LogP contribution in [0, 0.1) is 0 Å². The number of amides is 1. The minimum atomic E-state index is -0.0229. The van der Waals surface area contributed by atoms with Gasteiger partial charge in [0, 0.05) is 32.5 Å². The molecule has 0 unspecified atom stereocenters. The maximum Gasteiger partial charge on any atom is 0.255 e. The highest BCUT2D eigenvalue weighted by molar-refractivity contribution is 5.94. The van der Waals surface area contributed by atoms with Crippen LogP contribution in [0.1, 0.15) is 35.4 Å². The number of pyridine rings is 1. The second kappa shape index (κ2) is 7.39. The van der Waals surface area contributed by atoms with Crippen molar-refractivity contribution < 1.29 is 14.3 Å². The summed E-state index contributed by atoms with van der Waals surface area (Å²) in [5, 5.41) is 8.20. The third-order valence-corrected chi connectivity index (χ3v) is 3.95. The summed E-state index contributed by atoms with van der Waals surface area (Å²) in [6.07, 6.45) is 4.29. The van der Waals surface area contributed by atoms with Gasteiger partial charge in [0.15, 0.2) is 0 Å². The standard InChI is InChI=1S/C16H21N5O3/c1-3-24-15-5-4-12(8-17-15)16(22)20-7-6-14(10-20)21-9-13(11-23-2)18-19-21/h4-5,8-9,14H,3,6-7,10-11H2,1-2H3/t14-/m0/s1. The van der Waals surface area contributed by atoms with Crippen LogP contribution in [0.25, 0.3) is 0 Å². The van der Waals surface area contributed by atoms with E-state index in [1.165, 1.54) is 0 Å². The van der Waals surface area contributed by atoms with Crippen molar-refractivity contribution in [3.8, 4) is 5.88 Å². The molecule has 2 aromatic heterocycles. The fourth-order valence-corrected chi connectivity index (χ4v) is 2.77. The van der Waals surface area contributed by atoms with Crippen LogP contribution in [0.4, 0.5) is 0 Å². The zero-order chi connectivity index (χ0) is 16.9. The molecule has 8 heteroatoms. The first-order valence-electron chi connectivity index (χ1n) is 7.99. The lowest BCUT2D eigenvalue weighted by atomic mass is 10.2. The Bertz CT molecular complexity index is 685. The molecule has 8 nitrogen and oxygen atoms in total. The molecule has 1 atom stereocenters. The van der Waals surface area contributed by atoms with Gasteiger partial charge in [0.2, 0.25) is 5.88 Å². The van der Waals surface area contributed by atoms with Crippen molar-refractivity contribution in [1.29, 1.82) is 0 Å². The molecule has 0 radical (unpaired) electrons. The van der Waals surface area contributed by atoms with E-state index >= 15 is 0 Å². The van der Waals surface area contributed by atoms with Crippen LogP contribution in [-0.4, -0.2) is 57.6 Å². The first-order chi connectivity index (χ1) is 11.7. The largest absolute Gasteiger partial charge is 0.478 e. The summed E-state index contributed by atoms with van der Waals surface area (Å²) in [5.41, 5.74) is 1.36. The predicted molar refractivity (Wildman–Crippen MR) is 85.7 cm³/mol. The van der Waals surface area contributed by atoms with Gasteiger partial charge in [-0.2, -0.15) is 0 Å². The Labute approximate surface area is 140 Å². The molecule has 1 aliphatic heterocycles. The minimum absolute atomic E-state index is 0.0229. The summed E-state index contributed by atoms with van der Waals surface area (Å²) in [6.45, 7) is 4.19. The Morgan fingerprint density at radius 1 is 1.42 bits per heavy atom. The number of methoxy groups -OCH3 is 1. The van der Waals surface area contributed by atoms with Gasteiger partial charge >= 0.3 is 0 Å². The molecule has 1 fully saturated rings. The Morgan fingerprint density at radius 2 is 2.29 bits per heavy atom. The van der Waals surface area contributed by atoms with Crippen molar-refractivity contribution in [3.63, 3.8) is 0 Å². The lowest BCUT2D eigenvalue weighted by Gasteiger charge is -2.16. The first kappa shape index (κ1) is 16.4. The van der Waals surface area contributed by atoms with Crippen LogP contribution in [0.5, 0.6) is 5.88 Å². The Kier molecular flexibility index (Phi) is 5.05. The van der Waals surface area contributed by atoms with E-state index < -0.39 is 0 Å². The van der Waals surface area contributed by atoms with E-state index in [0.29, 0.717) is 37.7 Å². The van der Waals surface area contributed by atoms with E-state index in [2.05, 4.69) is 15.3 Å². The number of aromatic nitrogens is 4. The van der Waals surface area contributed by atoms with Gasteiger partial charge in [-0.15, -0.1) is 5.10 Å². The lowest BCUT2D eigenvalue weighted by molar-refractivity contribution is 0.0786. The van der Waals surface area contributed by atoms with Gasteiger partial charge in [-0.05, 0) is 19.4 Å². The summed E-state index contributed by atoms with van der Waals surface area (Å²) >= 11 is 0. The lowest BCUT2D eigenvalue weighted by Crippen LogP contribution is -2.29. The van der Waals surface area contributed by atoms with E-state index in [-0.39, 0.29) is 11.9 Å². The van der Waals surface area contributed by atoms with Crippen LogP contribution in [-0.2, 0) is 11.3 Å². The molecule has 2 aromatic rings. The van der Waals surface area contributed by atoms with Gasteiger partial charge in [0.25, 0.3) is 5.91 Å². The maximum atomic E-state index is 12.6. The molecule has 24 heavy (non-hydrogen) atoms. The average Bonchev–Trinajstić information content (AvgIpc) is 3.25. The van der Waals surface area contributed by atoms with Crippen molar-refractivity contribution in [3.05, 3.63) is 35.8 Å². The highest BCUT2D eigenvalue weighted by Gasteiger charge is 2.29. The number of carbonyl (C=O) groups excluding carboxylic acids is 1. The van der Waals surface area contributed by atoms with E-state index in [9.17, 15) is 4.79 Å². The predicted octanol–water partition coefficient (Wildman–Crippen LogP) is 1.31. The molecule has 3 heterocycles. The fraction of sp³-hybridized carbons (Fsp3) is 0.500. The summed E-state index contributed by atoms with van der Waals surface area (Å²) < 4.78 is 12.2. The van der Waals surface area contributed by atoms with Gasteiger partial charge in [-0.25, -0.2) is 9.67 Å². The van der Waals surface area contributed by atoms with Gasteiger partial charge in [0.1, 0.15) is 5.69 Å². The Hall–Kier alpha value is -2.48. The number of carbonyl (C=O) groups is 1. The quantitative estimate of drug-likeness (QED) is 0.793. The van der Waals surface area contributed by atoms with E-state index in [1.807, 2.05) is 22.7 Å². The van der Waals surface area contributed by atoms with Crippen molar-refractivity contribution in [2.45, 2.75) is 26.0 Å². The molecule has 1 amide bonds. The third kappa shape index (κ3) is 3.53. The molecular weight excluding hydrogens is 310 g/mol. The van der Waals surface area contributed by atoms with Crippen LogP contribution in [0.3, 0.4) is 0 Å². The highest BCUT2D eigenvalue weighted by atomic mass is 16.5. The third-order valence-electron chi connectivity index (χ3n) is 3.95. The number of hydrogen-bond donors (Lipinski definition) is 0. The van der Waals surface area contributed by atoms with Crippen molar-refractivity contribution >= 4 is 5.91 Å². The SMILES string of the molecule is CCOc1ccc(C(=O)N2CC[C@H](n3cc(COC)nn3)C2)cn1. The molecule has 0 N–H and O–H groups in total. The van der Waals surface area contributed by atoms with Crippen LogP contribution in [0.15, 0.2) is 24.5 Å². The topological polar surface area (TPSA) is 82.4 Å². The summed E-state index contributed by atoms with van der Waals surface area (Å²) in [6, 6.07) is 3.61. The van der Waals surface area contributed by atoms with Crippen LogP contribution < -0.4 is 4.74 Å². The van der Waals surface area contributed by atoms with Gasteiger partial charge in [-0.1, -0.05) is 5.21 Å². The summed E-state index contributed by atoms with van der Waals surface area (Å²) in [4.78, 5) is 18.6. The highest BCUT2D eigenvalue weighted by Crippen LogP contribution is 2.23. The summed E-state index contributed by atoms with van der Waals surface area (Å²) in [5.74, 6) is 0.506. The first-order valence-corrected chi connectivity index (χ1v) is 7.99. The second-order valence-corrected chi connectivity index (χ2v) is 5.63. The van der Waals surface area contributed by atoms with Crippen molar-refractivity contribution in [1.82, 2.24) is 24.9 Å². The van der Waals surface area contributed by atoms with Crippen LogP contribution >= 0.6 is 0 Å². The van der Waals surface area contributed by atoms with Gasteiger partial charge in [-0.3, -0.25) is 4.79 Å². The minimum Gasteiger partial charge on any atom is -0.478 e. The molecular formula is C16H21N5O3. The smallest absolute Gasteiger partial charge is 0.255 e. The number of rotatable bonds is 6. The molecule has 0 saturated carbocycles. The number of likely N-dealkylation sites (tertiary alicyclic amines) is 1. The van der Waals surface area contributed by atoms with E-state index in [1.54, 1.807) is 25.4 Å². The summed E-state index contributed by atoms with van der Waals surface area (Å²) in [7, 11) is 1.62. The average molecular weight is 331 g/mol. The number of ether oxygens (including phenoxy) is 2. The maximum absolute atomic E-state index is 12.6. The molecule has 3 rings (SSSR count). The molecule has 1 saturated heterocycles. The molecule has 0 bridgehead atoms. The van der Waals surface area contributed by atoms with Crippen molar-refractivity contribution in [2.24, 2.45) is 0 Å². The molecule has 128 valence electrons. The normalized spacial score (nSPS) is 17.2. The Morgan fingerprint density at radius 3 is 3.00 bits per heavy atom. The molecule has 0 spiro atoms. The number of hydrogen-bond acceptors (Lipinski definition) is 6. The zero-order valence-electron chi connectivity index (χ0n) is 13.9. The van der Waals surface area contributed by atoms with E-state index in [0.717, 1.165) is 12.1 Å². The zero-order valence-corrected chi connectivity index (χ0v) is 13.9. The Balaban J connectivity index is 1.62. The van der Waals surface area contributed by atoms with Gasteiger partial charge in [0.05, 0.1) is 31.0 Å². The monoisotopic (exact) mass is 331 g/mol. The van der Waals surface area contributed by atoms with Gasteiger partial charge < -0.3 is 14.4 Å². The van der Waals surface area contributed by atoms with Crippen LogP contribution in [0.2, 0.25) is 0 Å². The molecule has 1 aliphatic rings. The molecule has 0 aromatic carbocycles. The van der Waals surface area contributed by atoms with Crippen molar-refractivity contribution in [2.75, 3.05) is 26.8 Å².